The summed E-state index contributed by atoms with van der Waals surface area (Å²) in [5, 5.41) is 12.4. The highest BCUT2D eigenvalue weighted by molar-refractivity contribution is 7.91. The number of carbonyl (C=O) groups excluding carboxylic acids is 1. The molecule has 2 aliphatic rings. The van der Waals surface area contributed by atoms with Gasteiger partial charge in [0, 0.05) is 45.7 Å². The smallest absolute Gasteiger partial charge is 0.266 e. The van der Waals surface area contributed by atoms with E-state index in [1.165, 1.54) is 32.1 Å². The summed E-state index contributed by atoms with van der Waals surface area (Å²) in [6, 6.07) is 15.0. The van der Waals surface area contributed by atoms with Crippen molar-refractivity contribution >= 4 is 28.3 Å². The molecular weight excluding hydrogens is 502 g/mol. The van der Waals surface area contributed by atoms with E-state index < -0.39 is 20.7 Å². The number of rotatable bonds is 7. The molecular formula is C26H36ClN3O5S. The number of benzene rings is 2. The molecule has 10 heteroatoms. The number of ether oxygens (including phenoxy) is 1. The van der Waals surface area contributed by atoms with Crippen molar-refractivity contribution in [1.29, 1.82) is 0 Å². The predicted octanol–water partition coefficient (Wildman–Crippen LogP) is 3.37. The van der Waals surface area contributed by atoms with Gasteiger partial charge in [0.25, 0.3) is 5.91 Å². The Hall–Kier alpha value is -2.01. The van der Waals surface area contributed by atoms with Gasteiger partial charge in [-0.25, -0.2) is 18.2 Å². The molecule has 2 aromatic rings. The summed E-state index contributed by atoms with van der Waals surface area (Å²) in [5.74, 6) is -0.616. The number of amides is 1. The van der Waals surface area contributed by atoms with E-state index in [0.717, 1.165) is 6.54 Å². The molecule has 2 saturated heterocycles. The maximum Gasteiger partial charge on any atom is 0.266 e. The molecule has 2 aliphatic heterocycles. The average molecular weight is 538 g/mol. The molecule has 0 aliphatic carbocycles. The molecule has 2 aromatic carbocycles. The Balaban J connectivity index is 0.00000361. The van der Waals surface area contributed by atoms with E-state index in [0.29, 0.717) is 25.9 Å². The molecule has 0 atom stereocenters. The first-order valence-corrected chi connectivity index (χ1v) is 13.6. The van der Waals surface area contributed by atoms with E-state index >= 15 is 0 Å². The van der Waals surface area contributed by atoms with E-state index in [2.05, 4.69) is 54.7 Å². The number of aryl methyl sites for hydroxylation is 1. The number of nitrogens with one attached hydrogen (secondary N) is 2. The van der Waals surface area contributed by atoms with Crippen LogP contribution in [0.5, 0.6) is 0 Å². The van der Waals surface area contributed by atoms with Crippen molar-refractivity contribution in [2.24, 2.45) is 0 Å². The summed E-state index contributed by atoms with van der Waals surface area (Å²) in [6.07, 6.45) is 1.45. The van der Waals surface area contributed by atoms with Crippen LogP contribution < -0.4 is 10.8 Å². The lowest BCUT2D eigenvalue weighted by Gasteiger charge is -2.40. The molecule has 0 radical (unpaired) electrons. The Morgan fingerprint density at radius 2 is 1.83 bits per heavy atom. The van der Waals surface area contributed by atoms with Gasteiger partial charge < -0.3 is 10.1 Å². The lowest BCUT2D eigenvalue weighted by molar-refractivity contribution is -0.134. The summed E-state index contributed by atoms with van der Waals surface area (Å²) in [6.45, 7) is 3.98. The van der Waals surface area contributed by atoms with Crippen LogP contribution in [0, 0.1) is 6.92 Å². The molecule has 3 N–H and O–H groups in total. The molecule has 2 heterocycles. The van der Waals surface area contributed by atoms with E-state index in [4.69, 9.17) is 4.74 Å². The van der Waals surface area contributed by atoms with Crippen molar-refractivity contribution in [2.45, 2.75) is 49.8 Å². The highest BCUT2D eigenvalue weighted by Gasteiger charge is 2.54. The predicted molar refractivity (Wildman–Crippen MR) is 142 cm³/mol. The SMILES string of the molecule is CNCc1cccc(-c2ccc(C3CCN(S(=O)(=O)C4(C(=O)NO)CCOCC4)CC3)cc2C)c1.Cl. The van der Waals surface area contributed by atoms with Crippen LogP contribution in [0.15, 0.2) is 42.5 Å². The van der Waals surface area contributed by atoms with Crippen molar-refractivity contribution in [1.82, 2.24) is 15.1 Å². The van der Waals surface area contributed by atoms with Crippen molar-refractivity contribution < 1.29 is 23.2 Å². The van der Waals surface area contributed by atoms with Gasteiger partial charge in [0.2, 0.25) is 10.0 Å². The van der Waals surface area contributed by atoms with Gasteiger partial charge in [-0.2, -0.15) is 0 Å². The molecule has 0 aromatic heterocycles. The standard InChI is InChI=1S/C26H35N3O5S.ClH/c1-19-16-22(6-7-24(19)23-5-3-4-20(17-23)18-27-2)21-8-12-29(13-9-21)35(32,33)26(25(30)28-31)10-14-34-15-11-26;/h3-7,16-17,21,27,31H,8-15,18H2,1-2H3,(H,28,30);1H. The van der Waals surface area contributed by atoms with Crippen molar-refractivity contribution in [3.63, 3.8) is 0 Å². The first-order valence-electron chi connectivity index (χ1n) is 12.2. The number of hydrogen-bond acceptors (Lipinski definition) is 6. The lowest BCUT2D eigenvalue weighted by Crippen LogP contribution is -2.60. The number of sulfonamides is 1. The molecule has 2 fully saturated rings. The topological polar surface area (TPSA) is 108 Å². The number of carbonyl (C=O) groups is 1. The normalized spacial score (nSPS) is 18.9. The minimum absolute atomic E-state index is 0. The molecule has 0 spiro atoms. The largest absolute Gasteiger partial charge is 0.381 e. The molecule has 36 heavy (non-hydrogen) atoms. The quantitative estimate of drug-likeness (QED) is 0.369. The third-order valence-electron chi connectivity index (χ3n) is 7.44. The van der Waals surface area contributed by atoms with Crippen molar-refractivity contribution in [2.75, 3.05) is 33.4 Å². The summed E-state index contributed by atoms with van der Waals surface area (Å²) >= 11 is 0. The fourth-order valence-corrected chi connectivity index (χ4v) is 7.55. The third-order valence-corrected chi connectivity index (χ3v) is 10.1. The van der Waals surface area contributed by atoms with Crippen LogP contribution in [0.3, 0.4) is 0 Å². The van der Waals surface area contributed by atoms with Gasteiger partial charge in [0.05, 0.1) is 0 Å². The number of hydroxylamine groups is 1. The second-order valence-electron chi connectivity index (χ2n) is 9.53. The zero-order valence-corrected chi connectivity index (χ0v) is 22.5. The average Bonchev–Trinajstić information content (AvgIpc) is 2.89. The van der Waals surface area contributed by atoms with Gasteiger partial charge in [-0.15, -0.1) is 12.4 Å². The van der Waals surface area contributed by atoms with Crippen LogP contribution in [-0.4, -0.2) is 61.9 Å². The molecule has 8 nitrogen and oxygen atoms in total. The zero-order chi connectivity index (χ0) is 25.1. The monoisotopic (exact) mass is 537 g/mol. The molecule has 4 rings (SSSR count). The summed E-state index contributed by atoms with van der Waals surface area (Å²) in [5.41, 5.74) is 7.61. The van der Waals surface area contributed by atoms with Crippen LogP contribution in [0.1, 0.15) is 48.3 Å². The van der Waals surface area contributed by atoms with Gasteiger partial charge in [-0.05, 0) is 66.6 Å². The van der Waals surface area contributed by atoms with Crippen LogP contribution in [0.2, 0.25) is 0 Å². The highest BCUT2D eigenvalue weighted by Crippen LogP contribution is 2.37. The van der Waals surface area contributed by atoms with Crippen LogP contribution in [-0.2, 0) is 26.1 Å². The maximum absolute atomic E-state index is 13.5. The minimum atomic E-state index is -3.95. The number of nitrogens with zero attached hydrogens (tertiary/aromatic N) is 1. The second kappa shape index (κ2) is 12.0. The fourth-order valence-electron chi connectivity index (χ4n) is 5.40. The minimum Gasteiger partial charge on any atom is -0.381 e. The second-order valence-corrected chi connectivity index (χ2v) is 11.8. The van der Waals surface area contributed by atoms with Crippen molar-refractivity contribution in [3.05, 3.63) is 59.2 Å². The van der Waals surface area contributed by atoms with Gasteiger partial charge in [-0.1, -0.05) is 36.4 Å². The zero-order valence-electron chi connectivity index (χ0n) is 20.8. The number of piperidine rings is 1. The maximum atomic E-state index is 13.5. The Labute approximate surface area is 219 Å². The lowest BCUT2D eigenvalue weighted by atomic mass is 9.87. The van der Waals surface area contributed by atoms with Crippen LogP contribution in [0.25, 0.3) is 11.1 Å². The summed E-state index contributed by atoms with van der Waals surface area (Å²) < 4.78 is 32.1. The van der Waals surface area contributed by atoms with Crippen LogP contribution in [0.4, 0.5) is 0 Å². The molecule has 0 unspecified atom stereocenters. The molecule has 0 bridgehead atoms. The highest BCUT2D eigenvalue weighted by atomic mass is 35.5. The molecule has 1 amide bonds. The van der Waals surface area contributed by atoms with E-state index in [-0.39, 0.29) is 44.4 Å². The molecule has 0 saturated carbocycles. The summed E-state index contributed by atoms with van der Waals surface area (Å²) in [7, 11) is -2.01. The Bertz CT molecular complexity index is 1160. The van der Waals surface area contributed by atoms with Gasteiger partial charge in [0.1, 0.15) is 0 Å². The number of hydrogen-bond donors (Lipinski definition) is 3. The van der Waals surface area contributed by atoms with Gasteiger partial charge in [-0.3, -0.25) is 10.0 Å². The van der Waals surface area contributed by atoms with Crippen molar-refractivity contribution in [3.8, 4) is 11.1 Å². The van der Waals surface area contributed by atoms with E-state index in [1.54, 1.807) is 5.48 Å². The van der Waals surface area contributed by atoms with E-state index in [9.17, 15) is 18.4 Å². The Kier molecular flexibility index (Phi) is 9.54. The summed E-state index contributed by atoms with van der Waals surface area (Å²) in [4.78, 5) is 12.5. The first kappa shape index (κ1) is 28.6. The fraction of sp³-hybridized carbons (Fsp3) is 0.500. The molecule has 198 valence electrons. The third kappa shape index (κ3) is 5.46. The number of halogens is 1. The van der Waals surface area contributed by atoms with Gasteiger partial charge in [0.15, 0.2) is 4.75 Å². The Morgan fingerprint density at radius 1 is 1.14 bits per heavy atom. The first-order chi connectivity index (χ1) is 16.8. The van der Waals surface area contributed by atoms with Crippen LogP contribution >= 0.6 is 12.4 Å². The Morgan fingerprint density at radius 3 is 2.44 bits per heavy atom. The van der Waals surface area contributed by atoms with Gasteiger partial charge >= 0.3 is 0 Å². The van der Waals surface area contributed by atoms with E-state index in [1.807, 2.05) is 7.05 Å².